The van der Waals surface area contributed by atoms with E-state index >= 15 is 0 Å². The fourth-order valence-electron chi connectivity index (χ4n) is 4.73. The first-order valence-corrected chi connectivity index (χ1v) is 14.0. The molecule has 0 bridgehead atoms. The van der Waals surface area contributed by atoms with Crippen LogP contribution in [-0.4, -0.2) is 72.3 Å². The van der Waals surface area contributed by atoms with Crippen LogP contribution < -0.4 is 10.6 Å². The number of benzene rings is 3. The van der Waals surface area contributed by atoms with Gasteiger partial charge in [-0.25, -0.2) is 9.59 Å². The molecule has 1 aliphatic carbocycles. The number of carbonyl (C=O) groups excluding carboxylic acids is 2. The molecule has 39 heavy (non-hydrogen) atoms. The molecule has 9 heteroatoms. The first-order valence-electron chi connectivity index (χ1n) is 12.8. The van der Waals surface area contributed by atoms with Crippen molar-refractivity contribution in [2.45, 2.75) is 18.5 Å². The lowest BCUT2D eigenvalue weighted by molar-refractivity contribution is -0.142. The number of nitrogens with zero attached hydrogens (tertiary/aromatic N) is 1. The molecule has 0 aliphatic heterocycles. The number of hydrogen-bond acceptors (Lipinski definition) is 6. The van der Waals surface area contributed by atoms with Gasteiger partial charge in [0.25, 0.3) is 0 Å². The molecule has 1 aliphatic rings. The van der Waals surface area contributed by atoms with Crippen molar-refractivity contribution < 1.29 is 24.2 Å². The largest absolute Gasteiger partial charge is 0.480 e. The lowest BCUT2D eigenvalue weighted by atomic mass is 9.98. The van der Waals surface area contributed by atoms with E-state index in [1.165, 1.54) is 22.9 Å². The minimum absolute atomic E-state index is 0.00450. The van der Waals surface area contributed by atoms with Gasteiger partial charge in [0, 0.05) is 31.3 Å². The molecule has 1 unspecified atom stereocenters. The summed E-state index contributed by atoms with van der Waals surface area (Å²) in [6.07, 6.45) is -0.505. The van der Waals surface area contributed by atoms with Gasteiger partial charge < -0.3 is 20.5 Å². The minimum atomic E-state index is -1.08. The molecular weight excluding hydrogens is 514 g/mol. The van der Waals surface area contributed by atoms with E-state index in [-0.39, 0.29) is 30.7 Å². The lowest BCUT2D eigenvalue weighted by Gasteiger charge is -2.22. The van der Waals surface area contributed by atoms with Crippen molar-refractivity contribution in [1.29, 1.82) is 0 Å². The average Bonchev–Trinajstić information content (AvgIpc) is 3.25. The molecule has 0 heterocycles. The smallest absolute Gasteiger partial charge is 0.407 e. The zero-order valence-electron chi connectivity index (χ0n) is 21.8. The number of carboxylic acids is 1. The summed E-state index contributed by atoms with van der Waals surface area (Å²) in [6.45, 7) is 1.34. The maximum atomic E-state index is 12.3. The van der Waals surface area contributed by atoms with Crippen molar-refractivity contribution in [3.63, 3.8) is 0 Å². The summed E-state index contributed by atoms with van der Waals surface area (Å²) < 4.78 is 5.52. The second-order valence-corrected chi connectivity index (χ2v) is 10.6. The topological polar surface area (TPSA) is 108 Å². The number of amides is 2. The summed E-state index contributed by atoms with van der Waals surface area (Å²) in [5, 5.41) is 14.8. The molecule has 0 saturated heterocycles. The van der Waals surface area contributed by atoms with Gasteiger partial charge in [0.15, 0.2) is 0 Å². The number of carboxylic acid groups (broad SMARTS) is 1. The van der Waals surface area contributed by atoms with E-state index in [1.807, 2.05) is 66.5 Å². The highest BCUT2D eigenvalue weighted by molar-refractivity contribution is 7.99. The van der Waals surface area contributed by atoms with Crippen molar-refractivity contribution >= 4 is 29.7 Å². The number of aliphatic carboxylic acids is 1. The molecule has 0 spiro atoms. The Balaban J connectivity index is 1.13. The maximum absolute atomic E-state index is 12.3. The molecule has 204 valence electrons. The van der Waals surface area contributed by atoms with Crippen molar-refractivity contribution in [1.82, 2.24) is 15.5 Å². The Morgan fingerprint density at radius 2 is 1.56 bits per heavy atom. The van der Waals surface area contributed by atoms with Crippen LogP contribution in [0.2, 0.25) is 0 Å². The van der Waals surface area contributed by atoms with E-state index in [4.69, 9.17) is 4.74 Å². The van der Waals surface area contributed by atoms with Crippen LogP contribution in [0.4, 0.5) is 4.79 Å². The fraction of sp³-hybridized carbons (Fsp3) is 0.300. The third kappa shape index (κ3) is 7.84. The normalized spacial score (nSPS) is 12.9. The van der Waals surface area contributed by atoms with Crippen molar-refractivity contribution in [2.24, 2.45) is 0 Å². The zero-order valence-corrected chi connectivity index (χ0v) is 22.7. The predicted molar refractivity (Wildman–Crippen MR) is 153 cm³/mol. The van der Waals surface area contributed by atoms with Crippen LogP contribution in [0.15, 0.2) is 78.9 Å². The highest BCUT2D eigenvalue weighted by Gasteiger charge is 2.29. The standard InChI is InChI=1S/C30H33N3O5S/c1-33(17-21-9-3-2-4-10-21)18-27(29(35)36)32-28(34)20-39-16-15-31-30(37)38-19-26-24-13-7-5-11-22(24)23-12-6-8-14-25(23)26/h2-14,26-27H,15-20H2,1H3,(H,31,37)(H,32,34)(H,35,36). The van der Waals surface area contributed by atoms with E-state index in [9.17, 15) is 19.5 Å². The number of carbonyl (C=O) groups is 3. The number of hydrogen-bond donors (Lipinski definition) is 3. The summed E-state index contributed by atoms with van der Waals surface area (Å²) in [5.74, 6) is -0.857. The van der Waals surface area contributed by atoms with Crippen LogP contribution in [0, 0.1) is 0 Å². The number of thioether (sulfide) groups is 1. The predicted octanol–water partition coefficient (Wildman–Crippen LogP) is 3.96. The molecule has 0 saturated carbocycles. The van der Waals surface area contributed by atoms with Crippen molar-refractivity contribution in [2.75, 3.05) is 38.2 Å². The van der Waals surface area contributed by atoms with Gasteiger partial charge in [-0.1, -0.05) is 78.9 Å². The maximum Gasteiger partial charge on any atom is 0.407 e. The third-order valence-corrected chi connectivity index (χ3v) is 7.47. The molecule has 0 radical (unpaired) electrons. The number of ether oxygens (including phenoxy) is 1. The van der Waals surface area contributed by atoms with Gasteiger partial charge in [0.2, 0.25) is 5.91 Å². The molecule has 1 atom stereocenters. The number of rotatable bonds is 13. The van der Waals surface area contributed by atoms with E-state index in [2.05, 4.69) is 34.9 Å². The number of alkyl carbamates (subject to hydrolysis) is 1. The molecule has 3 aromatic carbocycles. The van der Waals surface area contributed by atoms with Crippen LogP contribution in [0.25, 0.3) is 11.1 Å². The highest BCUT2D eigenvalue weighted by Crippen LogP contribution is 2.44. The summed E-state index contributed by atoms with van der Waals surface area (Å²) in [7, 11) is 1.82. The van der Waals surface area contributed by atoms with E-state index in [0.29, 0.717) is 18.8 Å². The Morgan fingerprint density at radius 3 is 2.21 bits per heavy atom. The molecule has 8 nitrogen and oxygen atoms in total. The van der Waals surface area contributed by atoms with E-state index in [0.717, 1.165) is 16.7 Å². The molecule has 0 fully saturated rings. The number of likely N-dealkylation sites (N-methyl/N-ethyl adjacent to an activating group) is 1. The van der Waals surface area contributed by atoms with Crippen LogP contribution in [0.3, 0.4) is 0 Å². The Morgan fingerprint density at radius 1 is 0.949 bits per heavy atom. The molecule has 4 rings (SSSR count). The summed E-state index contributed by atoms with van der Waals surface area (Å²) in [4.78, 5) is 38.1. The molecular formula is C30H33N3O5S. The van der Waals surface area contributed by atoms with Gasteiger partial charge in [0.05, 0.1) is 5.75 Å². The lowest BCUT2D eigenvalue weighted by Crippen LogP contribution is -2.48. The molecule has 3 aromatic rings. The fourth-order valence-corrected chi connectivity index (χ4v) is 5.39. The van der Waals surface area contributed by atoms with Crippen molar-refractivity contribution in [3.8, 4) is 11.1 Å². The Labute approximate surface area is 232 Å². The SMILES string of the molecule is CN(Cc1ccccc1)CC(NC(=O)CSCCNC(=O)OCC1c2ccccc2-c2ccccc21)C(=O)O. The quantitative estimate of drug-likeness (QED) is 0.278. The number of nitrogens with one attached hydrogen (secondary N) is 2. The van der Waals surface area contributed by atoms with Crippen LogP contribution >= 0.6 is 11.8 Å². The van der Waals surface area contributed by atoms with Crippen molar-refractivity contribution in [3.05, 3.63) is 95.6 Å². The van der Waals surface area contributed by atoms with Gasteiger partial charge in [-0.05, 0) is 34.9 Å². The minimum Gasteiger partial charge on any atom is -0.480 e. The second-order valence-electron chi connectivity index (χ2n) is 9.45. The van der Waals surface area contributed by atoms with Gasteiger partial charge >= 0.3 is 12.1 Å². The first kappa shape index (κ1) is 28.2. The molecule has 2 amide bonds. The molecule has 3 N–H and O–H groups in total. The average molecular weight is 548 g/mol. The second kappa shape index (κ2) is 13.8. The van der Waals surface area contributed by atoms with E-state index < -0.39 is 18.1 Å². The summed E-state index contributed by atoms with van der Waals surface area (Å²) >= 11 is 1.31. The number of fused-ring (bicyclic) bond motifs is 3. The van der Waals surface area contributed by atoms with Gasteiger partial charge in [-0.3, -0.25) is 9.69 Å². The van der Waals surface area contributed by atoms with Gasteiger partial charge in [-0.2, -0.15) is 11.8 Å². The van der Waals surface area contributed by atoms with Gasteiger partial charge in [-0.15, -0.1) is 0 Å². The zero-order chi connectivity index (χ0) is 27.6. The monoisotopic (exact) mass is 547 g/mol. The highest BCUT2D eigenvalue weighted by atomic mass is 32.2. The Hall–Kier alpha value is -3.82. The van der Waals surface area contributed by atoms with Crippen LogP contribution in [0.1, 0.15) is 22.6 Å². The van der Waals surface area contributed by atoms with E-state index in [1.54, 1.807) is 0 Å². The molecule has 0 aromatic heterocycles. The summed E-state index contributed by atoms with van der Waals surface area (Å²) in [6, 6.07) is 25.0. The summed E-state index contributed by atoms with van der Waals surface area (Å²) in [5.41, 5.74) is 5.71. The Kier molecular flexibility index (Phi) is 9.99. The Bertz CT molecular complexity index is 1240. The first-order chi connectivity index (χ1) is 18.9. The van der Waals surface area contributed by atoms with Gasteiger partial charge in [0.1, 0.15) is 12.6 Å². The van der Waals surface area contributed by atoms with Crippen LogP contribution in [-0.2, 0) is 20.9 Å². The van der Waals surface area contributed by atoms with Crippen LogP contribution in [0.5, 0.6) is 0 Å². The third-order valence-electron chi connectivity index (χ3n) is 6.52.